The van der Waals surface area contributed by atoms with Crippen LogP contribution in [0.4, 0.5) is 4.79 Å². The van der Waals surface area contributed by atoms with Crippen molar-refractivity contribution in [3.05, 3.63) is 76.6 Å². The Hall–Kier alpha value is -3.12. The van der Waals surface area contributed by atoms with Crippen molar-refractivity contribution in [2.24, 2.45) is 0 Å². The van der Waals surface area contributed by atoms with Gasteiger partial charge in [-0.05, 0) is 55.7 Å². The summed E-state index contributed by atoms with van der Waals surface area (Å²) in [6.45, 7) is 8.67. The van der Waals surface area contributed by atoms with Gasteiger partial charge in [-0.1, -0.05) is 35.9 Å². The number of hydrogen-bond acceptors (Lipinski definition) is 5. The van der Waals surface area contributed by atoms with E-state index in [0.29, 0.717) is 13.1 Å². The van der Waals surface area contributed by atoms with Crippen LogP contribution < -0.4 is 0 Å². The first kappa shape index (κ1) is 21.6. The van der Waals surface area contributed by atoms with Crippen LogP contribution in [0.2, 0.25) is 0 Å². The minimum atomic E-state index is -0.677. The van der Waals surface area contributed by atoms with Crippen LogP contribution in [0.15, 0.2) is 48.6 Å². The van der Waals surface area contributed by atoms with E-state index in [2.05, 4.69) is 71.8 Å². The van der Waals surface area contributed by atoms with E-state index in [1.807, 2.05) is 12.2 Å². The zero-order valence-corrected chi connectivity index (χ0v) is 18.1. The van der Waals surface area contributed by atoms with E-state index < -0.39 is 6.16 Å². The first-order valence-electron chi connectivity index (χ1n) is 10.0. The molecule has 1 aromatic heterocycles. The fourth-order valence-corrected chi connectivity index (χ4v) is 3.21. The molecule has 1 heterocycles. The van der Waals surface area contributed by atoms with E-state index in [0.717, 1.165) is 23.4 Å². The summed E-state index contributed by atoms with van der Waals surface area (Å²) in [6.07, 6.45) is 3.14. The number of hydrogen-bond donors (Lipinski definition) is 1. The first-order valence-corrected chi connectivity index (χ1v) is 10.0. The minimum absolute atomic E-state index is 0.189. The van der Waals surface area contributed by atoms with Crippen molar-refractivity contribution in [2.75, 3.05) is 20.3 Å². The molecule has 6 heteroatoms. The van der Waals surface area contributed by atoms with Crippen molar-refractivity contribution in [1.29, 1.82) is 0 Å². The number of H-pyrrole nitrogens is 1. The second-order valence-corrected chi connectivity index (χ2v) is 7.53. The number of aromatic nitrogens is 2. The molecular formula is C24H29N3O3. The molecular weight excluding hydrogens is 378 g/mol. The number of aromatic amines is 1. The van der Waals surface area contributed by atoms with E-state index in [-0.39, 0.29) is 6.61 Å². The highest BCUT2D eigenvalue weighted by molar-refractivity contribution is 5.77. The Bertz CT molecular complexity index is 983. The number of methoxy groups -OCH3 is 1. The fraction of sp³-hybridized carbons (Fsp3) is 0.333. The summed E-state index contributed by atoms with van der Waals surface area (Å²) in [5.41, 5.74) is 7.03. The summed E-state index contributed by atoms with van der Waals surface area (Å²) in [7, 11) is 1.30. The highest BCUT2D eigenvalue weighted by atomic mass is 16.7. The van der Waals surface area contributed by atoms with Gasteiger partial charge in [-0.3, -0.25) is 4.90 Å². The van der Waals surface area contributed by atoms with Gasteiger partial charge in [0.1, 0.15) is 12.4 Å². The summed E-state index contributed by atoms with van der Waals surface area (Å²) >= 11 is 0. The lowest BCUT2D eigenvalue weighted by molar-refractivity contribution is 0.0817. The first-order chi connectivity index (χ1) is 14.4. The van der Waals surface area contributed by atoms with E-state index in [9.17, 15) is 4.79 Å². The summed E-state index contributed by atoms with van der Waals surface area (Å²) in [5, 5.41) is 0. The Morgan fingerprint density at radius 3 is 2.53 bits per heavy atom. The monoisotopic (exact) mass is 407 g/mol. The molecule has 0 amide bonds. The van der Waals surface area contributed by atoms with Gasteiger partial charge >= 0.3 is 6.16 Å². The predicted molar refractivity (Wildman–Crippen MR) is 118 cm³/mol. The summed E-state index contributed by atoms with van der Waals surface area (Å²) < 4.78 is 9.37. The SMILES string of the molecule is COC(=O)OC/C=C/CN(Cc1ccc(C)cc1)Cc1nc2cc(C)c(C)cc2[nH]1. The largest absolute Gasteiger partial charge is 0.508 e. The van der Waals surface area contributed by atoms with Crippen molar-refractivity contribution < 1.29 is 14.3 Å². The van der Waals surface area contributed by atoms with Crippen LogP contribution in [-0.4, -0.2) is 41.3 Å². The molecule has 158 valence electrons. The number of imidazole rings is 1. The molecule has 0 aliphatic rings. The van der Waals surface area contributed by atoms with Crippen LogP contribution >= 0.6 is 0 Å². The second kappa shape index (κ2) is 10.1. The lowest BCUT2D eigenvalue weighted by atomic mass is 10.1. The molecule has 6 nitrogen and oxygen atoms in total. The maximum Gasteiger partial charge on any atom is 0.508 e. The summed E-state index contributed by atoms with van der Waals surface area (Å²) in [5.74, 6) is 0.932. The highest BCUT2D eigenvalue weighted by Gasteiger charge is 2.11. The number of aryl methyl sites for hydroxylation is 3. The molecule has 2 aromatic carbocycles. The van der Waals surface area contributed by atoms with Crippen molar-refractivity contribution >= 4 is 17.2 Å². The van der Waals surface area contributed by atoms with E-state index in [1.165, 1.54) is 29.4 Å². The molecule has 0 atom stereocenters. The van der Waals surface area contributed by atoms with Crippen LogP contribution in [0.3, 0.4) is 0 Å². The summed E-state index contributed by atoms with van der Waals surface area (Å²) in [6, 6.07) is 12.8. The third-order valence-electron chi connectivity index (χ3n) is 5.04. The number of benzene rings is 2. The molecule has 1 N–H and O–H groups in total. The second-order valence-electron chi connectivity index (χ2n) is 7.53. The van der Waals surface area contributed by atoms with Gasteiger partial charge in [-0.25, -0.2) is 9.78 Å². The Morgan fingerprint density at radius 1 is 1.07 bits per heavy atom. The predicted octanol–water partition coefficient (Wildman–Crippen LogP) is 4.83. The smallest absolute Gasteiger partial charge is 0.438 e. The molecule has 0 saturated carbocycles. The Balaban J connectivity index is 1.71. The Morgan fingerprint density at radius 2 is 1.80 bits per heavy atom. The third kappa shape index (κ3) is 5.94. The van der Waals surface area contributed by atoms with Crippen LogP contribution in [0.25, 0.3) is 11.0 Å². The van der Waals surface area contributed by atoms with Gasteiger partial charge in [-0.2, -0.15) is 0 Å². The maximum absolute atomic E-state index is 11.1. The number of fused-ring (bicyclic) bond motifs is 1. The number of nitrogens with one attached hydrogen (secondary N) is 1. The molecule has 0 spiro atoms. The van der Waals surface area contributed by atoms with Gasteiger partial charge in [0.15, 0.2) is 0 Å². The quantitative estimate of drug-likeness (QED) is 0.428. The molecule has 0 radical (unpaired) electrons. The van der Waals surface area contributed by atoms with Gasteiger partial charge in [0.05, 0.1) is 24.7 Å². The van der Waals surface area contributed by atoms with Crippen LogP contribution in [0.5, 0.6) is 0 Å². The van der Waals surface area contributed by atoms with Gasteiger partial charge < -0.3 is 14.5 Å². The average Bonchev–Trinajstić information content (AvgIpc) is 3.10. The Labute approximate surface area is 177 Å². The molecule has 0 unspecified atom stereocenters. The molecule has 0 bridgehead atoms. The van der Waals surface area contributed by atoms with Crippen molar-refractivity contribution in [3.8, 4) is 0 Å². The average molecular weight is 408 g/mol. The molecule has 30 heavy (non-hydrogen) atoms. The van der Waals surface area contributed by atoms with Crippen LogP contribution in [0, 0.1) is 20.8 Å². The maximum atomic E-state index is 11.1. The van der Waals surface area contributed by atoms with E-state index >= 15 is 0 Å². The van der Waals surface area contributed by atoms with Gasteiger partial charge in [0.2, 0.25) is 0 Å². The standard InChI is InChI=1S/C24H29N3O3/c1-17-7-9-20(10-8-17)15-27(11-5-6-12-30-24(28)29-4)16-23-25-21-13-18(2)19(3)14-22(21)26-23/h5-10,13-14H,11-12,15-16H2,1-4H3,(H,25,26)/b6-5+. The molecule has 3 aromatic rings. The lowest BCUT2D eigenvalue weighted by Crippen LogP contribution is -2.23. The highest BCUT2D eigenvalue weighted by Crippen LogP contribution is 2.18. The molecule has 0 aliphatic carbocycles. The molecule has 0 aliphatic heterocycles. The number of carbonyl (C=O) groups is 1. The molecule has 0 saturated heterocycles. The zero-order chi connectivity index (χ0) is 21.5. The number of nitrogens with zero attached hydrogens (tertiary/aromatic N) is 2. The topological polar surface area (TPSA) is 67.5 Å². The molecule has 0 fully saturated rings. The van der Waals surface area contributed by atoms with Crippen molar-refractivity contribution in [3.63, 3.8) is 0 Å². The Kier molecular flexibility index (Phi) is 7.25. The number of carbonyl (C=O) groups excluding carboxylic acids is 1. The van der Waals surface area contributed by atoms with Gasteiger partial charge in [-0.15, -0.1) is 0 Å². The van der Waals surface area contributed by atoms with Crippen LogP contribution in [-0.2, 0) is 22.6 Å². The van der Waals surface area contributed by atoms with Crippen molar-refractivity contribution in [2.45, 2.75) is 33.9 Å². The fourth-order valence-electron chi connectivity index (χ4n) is 3.21. The van der Waals surface area contributed by atoms with E-state index in [1.54, 1.807) is 0 Å². The normalized spacial score (nSPS) is 11.5. The minimum Gasteiger partial charge on any atom is -0.438 e. The third-order valence-corrected chi connectivity index (χ3v) is 5.04. The number of rotatable bonds is 8. The summed E-state index contributed by atoms with van der Waals surface area (Å²) in [4.78, 5) is 21.6. The van der Waals surface area contributed by atoms with Crippen LogP contribution in [0.1, 0.15) is 28.1 Å². The molecule has 3 rings (SSSR count). The van der Waals surface area contributed by atoms with E-state index in [4.69, 9.17) is 9.72 Å². The van der Waals surface area contributed by atoms with Gasteiger partial charge in [0.25, 0.3) is 0 Å². The van der Waals surface area contributed by atoms with Gasteiger partial charge in [0, 0.05) is 13.1 Å². The zero-order valence-electron chi connectivity index (χ0n) is 18.1. The van der Waals surface area contributed by atoms with Crippen molar-refractivity contribution in [1.82, 2.24) is 14.9 Å². The number of ether oxygens (including phenoxy) is 2. The lowest BCUT2D eigenvalue weighted by Gasteiger charge is -2.20.